The number of fused-ring (bicyclic) bond motifs is 1. The first-order valence-corrected chi connectivity index (χ1v) is 8.11. The maximum Gasteiger partial charge on any atom is 0.418 e. The molecule has 2 aliphatic rings. The first-order valence-electron chi connectivity index (χ1n) is 8.11. The zero-order chi connectivity index (χ0) is 17.7. The lowest BCUT2D eigenvalue weighted by Crippen LogP contribution is -2.60. The molecule has 25 heavy (non-hydrogen) atoms. The van der Waals surface area contributed by atoms with Crippen LogP contribution in [-0.4, -0.2) is 24.5 Å². The summed E-state index contributed by atoms with van der Waals surface area (Å²) in [6.07, 6.45) is 3.39. The Bertz CT molecular complexity index is 859. The number of rotatable bonds is 2. The van der Waals surface area contributed by atoms with E-state index >= 15 is 0 Å². The van der Waals surface area contributed by atoms with Crippen LogP contribution in [0.15, 0.2) is 54.6 Å². The van der Waals surface area contributed by atoms with Crippen molar-refractivity contribution in [3.05, 3.63) is 60.2 Å². The van der Waals surface area contributed by atoms with Gasteiger partial charge in [-0.25, -0.2) is 9.69 Å². The van der Waals surface area contributed by atoms with Crippen LogP contribution < -0.4 is 14.4 Å². The van der Waals surface area contributed by atoms with Gasteiger partial charge in [-0.05, 0) is 56.3 Å². The molecule has 2 aromatic carbocycles. The summed E-state index contributed by atoms with van der Waals surface area (Å²) < 4.78 is 17.3. The van der Waals surface area contributed by atoms with Crippen molar-refractivity contribution in [3.63, 3.8) is 0 Å². The number of benzene rings is 2. The molecule has 2 aliphatic heterocycles. The number of hydrogen-bond acceptors (Lipinski definition) is 4. The summed E-state index contributed by atoms with van der Waals surface area (Å²) in [7, 11) is 1.63. The normalized spacial score (nSPS) is 23.2. The molecule has 5 heteroatoms. The molecule has 1 unspecified atom stereocenters. The number of nitrogens with zero attached hydrogens (tertiary/aromatic N) is 1. The van der Waals surface area contributed by atoms with E-state index in [1.54, 1.807) is 12.0 Å². The molecular weight excluding hydrogens is 318 g/mol. The zero-order valence-electron chi connectivity index (χ0n) is 14.4. The number of methoxy groups -OCH3 is 1. The predicted octanol–water partition coefficient (Wildman–Crippen LogP) is 4.23. The number of carbonyl (C=O) groups excluding carboxylic acids is 1. The van der Waals surface area contributed by atoms with Crippen molar-refractivity contribution in [1.82, 2.24) is 0 Å². The van der Waals surface area contributed by atoms with E-state index in [-0.39, 0.29) is 0 Å². The summed E-state index contributed by atoms with van der Waals surface area (Å²) in [5.41, 5.74) is -0.311. The van der Waals surface area contributed by atoms with E-state index in [0.29, 0.717) is 5.75 Å². The molecule has 1 saturated heterocycles. The van der Waals surface area contributed by atoms with E-state index in [2.05, 4.69) is 0 Å². The first-order chi connectivity index (χ1) is 12.0. The number of anilines is 1. The smallest absolute Gasteiger partial charge is 0.418 e. The molecule has 1 amide bonds. The lowest BCUT2D eigenvalue weighted by atomic mass is 9.90. The summed E-state index contributed by atoms with van der Waals surface area (Å²) in [4.78, 5) is 14.2. The van der Waals surface area contributed by atoms with Crippen molar-refractivity contribution < 1.29 is 19.0 Å². The molecule has 5 nitrogen and oxygen atoms in total. The van der Waals surface area contributed by atoms with Crippen molar-refractivity contribution in [1.29, 1.82) is 0 Å². The number of cyclic esters (lactones) is 1. The number of hydrogen-bond donors (Lipinski definition) is 0. The van der Waals surface area contributed by atoms with Gasteiger partial charge in [-0.3, -0.25) is 0 Å². The second kappa shape index (κ2) is 5.28. The topological polar surface area (TPSA) is 48.0 Å². The molecule has 1 atom stereocenters. The van der Waals surface area contributed by atoms with Crippen molar-refractivity contribution in [2.24, 2.45) is 0 Å². The van der Waals surface area contributed by atoms with Crippen LogP contribution in [0.5, 0.6) is 11.5 Å². The van der Waals surface area contributed by atoms with Gasteiger partial charge in [0.25, 0.3) is 5.72 Å². The van der Waals surface area contributed by atoms with Crippen LogP contribution >= 0.6 is 0 Å². The number of amides is 1. The predicted molar refractivity (Wildman–Crippen MR) is 94.9 cm³/mol. The third kappa shape index (κ3) is 2.19. The van der Waals surface area contributed by atoms with E-state index in [1.165, 1.54) is 0 Å². The highest BCUT2D eigenvalue weighted by molar-refractivity contribution is 5.93. The summed E-state index contributed by atoms with van der Waals surface area (Å²) in [5.74, 6) is 1.43. The van der Waals surface area contributed by atoms with Gasteiger partial charge in [-0.1, -0.05) is 18.2 Å². The molecule has 2 aromatic rings. The Labute approximate surface area is 146 Å². The monoisotopic (exact) mass is 337 g/mol. The minimum atomic E-state index is -1.06. The third-order valence-corrected chi connectivity index (χ3v) is 4.71. The van der Waals surface area contributed by atoms with Gasteiger partial charge >= 0.3 is 6.09 Å². The van der Waals surface area contributed by atoms with Gasteiger partial charge in [-0.15, -0.1) is 0 Å². The van der Waals surface area contributed by atoms with E-state index in [9.17, 15) is 4.79 Å². The average molecular weight is 337 g/mol. The minimum absolute atomic E-state index is 0.433. The fourth-order valence-corrected chi connectivity index (χ4v) is 3.34. The molecule has 4 rings (SSSR count). The van der Waals surface area contributed by atoms with Gasteiger partial charge in [-0.2, -0.15) is 0 Å². The van der Waals surface area contributed by atoms with Crippen molar-refractivity contribution in [2.45, 2.75) is 25.2 Å². The van der Waals surface area contributed by atoms with Crippen molar-refractivity contribution in [2.75, 3.05) is 12.0 Å². The Hall–Kier alpha value is -2.95. The highest BCUT2D eigenvalue weighted by atomic mass is 16.6. The summed E-state index contributed by atoms with van der Waals surface area (Å²) >= 11 is 0. The second-order valence-electron chi connectivity index (χ2n) is 6.58. The molecule has 128 valence electrons. The van der Waals surface area contributed by atoms with Gasteiger partial charge < -0.3 is 14.2 Å². The quantitative estimate of drug-likeness (QED) is 0.823. The summed E-state index contributed by atoms with van der Waals surface area (Å²) in [6.45, 7) is 3.71. The van der Waals surface area contributed by atoms with Crippen LogP contribution in [-0.2, 0) is 4.74 Å². The molecule has 1 spiro atoms. The molecule has 0 aromatic heterocycles. The third-order valence-electron chi connectivity index (χ3n) is 4.71. The summed E-state index contributed by atoms with van der Waals surface area (Å²) in [6, 6.07) is 15.0. The van der Waals surface area contributed by atoms with E-state index in [1.807, 2.05) is 74.5 Å². The van der Waals surface area contributed by atoms with Crippen LogP contribution in [0.2, 0.25) is 0 Å². The molecule has 2 heterocycles. The highest BCUT2D eigenvalue weighted by Crippen LogP contribution is 2.47. The molecule has 1 fully saturated rings. The second-order valence-corrected chi connectivity index (χ2v) is 6.58. The Morgan fingerprint density at radius 1 is 1.04 bits per heavy atom. The largest absolute Gasteiger partial charge is 0.497 e. The van der Waals surface area contributed by atoms with Crippen LogP contribution in [0.3, 0.4) is 0 Å². The SMILES string of the molecule is COc1ccc2c(c1)C=CC1(O2)N(c2ccccc2)C(=O)OC1(C)C. The molecule has 0 bridgehead atoms. The minimum Gasteiger partial charge on any atom is -0.497 e. The van der Waals surface area contributed by atoms with Crippen molar-refractivity contribution in [3.8, 4) is 11.5 Å². The van der Waals surface area contributed by atoms with Crippen LogP contribution in [0.4, 0.5) is 10.5 Å². The van der Waals surface area contributed by atoms with Gasteiger partial charge in [0.1, 0.15) is 11.5 Å². The van der Waals surface area contributed by atoms with E-state index in [0.717, 1.165) is 17.0 Å². The average Bonchev–Trinajstić information content (AvgIpc) is 2.80. The van der Waals surface area contributed by atoms with Crippen LogP contribution in [0.1, 0.15) is 19.4 Å². The van der Waals surface area contributed by atoms with Gasteiger partial charge in [0.05, 0.1) is 12.8 Å². The van der Waals surface area contributed by atoms with Crippen LogP contribution in [0, 0.1) is 0 Å². The fraction of sp³-hybridized carbons (Fsp3) is 0.250. The van der Waals surface area contributed by atoms with Gasteiger partial charge in [0, 0.05) is 5.56 Å². The number of para-hydroxylation sites is 1. The van der Waals surface area contributed by atoms with E-state index < -0.39 is 17.4 Å². The Morgan fingerprint density at radius 3 is 2.52 bits per heavy atom. The first kappa shape index (κ1) is 15.6. The Balaban J connectivity index is 1.85. The fourth-order valence-electron chi connectivity index (χ4n) is 3.34. The van der Waals surface area contributed by atoms with Crippen molar-refractivity contribution >= 4 is 17.9 Å². The molecule has 0 radical (unpaired) electrons. The standard InChI is InChI=1S/C20H19NO4/c1-19(2)20(21(18(22)25-19)15-7-5-4-6-8-15)12-11-14-13-16(23-3)9-10-17(14)24-20/h4-13H,1-3H3. The van der Waals surface area contributed by atoms with Crippen LogP contribution in [0.25, 0.3) is 6.08 Å². The van der Waals surface area contributed by atoms with Gasteiger partial charge in [0.15, 0.2) is 5.60 Å². The maximum absolute atomic E-state index is 12.6. The van der Waals surface area contributed by atoms with E-state index in [4.69, 9.17) is 14.2 Å². The maximum atomic E-state index is 12.6. The zero-order valence-corrected chi connectivity index (χ0v) is 14.4. The number of ether oxygens (including phenoxy) is 3. The lowest BCUT2D eigenvalue weighted by Gasteiger charge is -2.42. The Morgan fingerprint density at radius 2 is 1.80 bits per heavy atom. The lowest BCUT2D eigenvalue weighted by molar-refractivity contribution is -0.0379. The molecule has 0 aliphatic carbocycles. The Kier molecular flexibility index (Phi) is 3.29. The molecule has 0 N–H and O–H groups in total. The highest BCUT2D eigenvalue weighted by Gasteiger charge is 2.63. The van der Waals surface area contributed by atoms with Gasteiger partial charge in [0.2, 0.25) is 0 Å². The molecular formula is C20H19NO4. The summed E-state index contributed by atoms with van der Waals surface area (Å²) in [5, 5.41) is 0. The number of carbonyl (C=O) groups is 1. The molecule has 0 saturated carbocycles.